The van der Waals surface area contributed by atoms with Crippen LogP contribution < -0.4 is 0 Å². The lowest BCUT2D eigenvalue weighted by atomic mass is 10.1. The maximum Gasteiger partial charge on any atom is 0.341 e. The first-order valence-electron chi connectivity index (χ1n) is 6.58. The zero-order valence-corrected chi connectivity index (χ0v) is 11.8. The van der Waals surface area contributed by atoms with Crippen molar-refractivity contribution in [1.82, 2.24) is 5.01 Å². The Morgan fingerprint density at radius 1 is 1.45 bits per heavy atom. The third kappa shape index (κ3) is 3.62. The van der Waals surface area contributed by atoms with Gasteiger partial charge in [0.05, 0.1) is 17.1 Å². The lowest BCUT2D eigenvalue weighted by Gasteiger charge is -2.32. The summed E-state index contributed by atoms with van der Waals surface area (Å²) < 4.78 is 4.94. The fourth-order valence-corrected chi connectivity index (χ4v) is 1.80. The van der Waals surface area contributed by atoms with Gasteiger partial charge in [0.25, 0.3) is 6.29 Å². The molecule has 1 aliphatic heterocycles. The number of benzene rings is 1. The van der Waals surface area contributed by atoms with Crippen LogP contribution in [0.15, 0.2) is 35.6 Å². The van der Waals surface area contributed by atoms with Crippen molar-refractivity contribution in [3.63, 3.8) is 0 Å². The Morgan fingerprint density at radius 2 is 2.14 bits per heavy atom. The molecule has 9 nitrogen and oxygen atoms in total. The molecule has 1 heterocycles. The van der Waals surface area contributed by atoms with Gasteiger partial charge >= 0.3 is 11.9 Å². The van der Waals surface area contributed by atoms with Gasteiger partial charge in [0.15, 0.2) is 6.04 Å². The van der Waals surface area contributed by atoms with Crippen molar-refractivity contribution in [2.75, 3.05) is 6.54 Å². The third-order valence-corrected chi connectivity index (χ3v) is 3.04. The van der Waals surface area contributed by atoms with Crippen molar-refractivity contribution in [2.24, 2.45) is 5.28 Å². The first-order valence-corrected chi connectivity index (χ1v) is 6.58. The zero-order chi connectivity index (χ0) is 16.1. The second kappa shape index (κ2) is 6.74. The van der Waals surface area contributed by atoms with Crippen LogP contribution in [0.25, 0.3) is 0 Å². The smallest absolute Gasteiger partial charge is 0.341 e. The number of ether oxygens (including phenoxy) is 1. The standard InChI is InChI=1S/C13H15N3O6/c1-9(21-13(19)10-5-3-2-4-6-10)22-14-16(20)15-8-7-11(15)12(17)18/h2-6,9,11H,7-8H2,1H3,(H,17,18)/b16-14-/t9?,11-/m0/s1. The van der Waals surface area contributed by atoms with Crippen LogP contribution >= 0.6 is 0 Å². The van der Waals surface area contributed by atoms with Crippen molar-refractivity contribution < 1.29 is 29.2 Å². The normalized spacial score (nSPS) is 19.0. The average molecular weight is 309 g/mol. The van der Waals surface area contributed by atoms with Crippen LogP contribution in [0, 0.1) is 5.21 Å². The first kappa shape index (κ1) is 15.5. The van der Waals surface area contributed by atoms with Crippen LogP contribution in [0.1, 0.15) is 23.7 Å². The molecule has 0 aliphatic carbocycles. The van der Waals surface area contributed by atoms with Gasteiger partial charge in [-0.1, -0.05) is 18.2 Å². The average Bonchev–Trinajstić information content (AvgIpc) is 2.44. The fourth-order valence-electron chi connectivity index (χ4n) is 1.80. The Hall–Kier alpha value is -2.84. The van der Waals surface area contributed by atoms with Crippen LogP contribution in [0.4, 0.5) is 0 Å². The van der Waals surface area contributed by atoms with E-state index >= 15 is 0 Å². The Labute approximate surface area is 125 Å². The van der Waals surface area contributed by atoms with E-state index < -0.39 is 24.3 Å². The molecule has 2 atom stereocenters. The summed E-state index contributed by atoms with van der Waals surface area (Å²) in [6.07, 6.45) is -0.726. The SMILES string of the molecule is CC(O/N=[N+](\[O-])N1CC[C@H]1C(=O)O)OC(=O)c1ccccc1. The van der Waals surface area contributed by atoms with Crippen molar-refractivity contribution >= 4 is 11.9 Å². The predicted octanol–water partition coefficient (Wildman–Crippen LogP) is 1.16. The summed E-state index contributed by atoms with van der Waals surface area (Å²) in [6.45, 7) is 1.66. The summed E-state index contributed by atoms with van der Waals surface area (Å²) in [5, 5.41) is 24.5. The van der Waals surface area contributed by atoms with Crippen LogP contribution in [-0.2, 0) is 14.4 Å². The Bertz CT molecular complexity index is 576. The van der Waals surface area contributed by atoms with Crippen LogP contribution in [0.5, 0.6) is 0 Å². The Kier molecular flexibility index (Phi) is 4.77. The lowest BCUT2D eigenvalue weighted by molar-refractivity contribution is -0.730. The van der Waals surface area contributed by atoms with E-state index in [-0.39, 0.29) is 11.5 Å². The monoisotopic (exact) mass is 309 g/mol. The van der Waals surface area contributed by atoms with Gasteiger partial charge in [0.2, 0.25) is 5.28 Å². The molecule has 22 heavy (non-hydrogen) atoms. The third-order valence-electron chi connectivity index (χ3n) is 3.04. The predicted molar refractivity (Wildman–Crippen MR) is 71.2 cm³/mol. The Morgan fingerprint density at radius 3 is 2.68 bits per heavy atom. The Balaban J connectivity index is 1.84. The quantitative estimate of drug-likeness (QED) is 0.275. The van der Waals surface area contributed by atoms with Gasteiger partial charge in [-0.3, -0.25) is 4.84 Å². The molecule has 1 fully saturated rings. The molecular weight excluding hydrogens is 294 g/mol. The van der Waals surface area contributed by atoms with Crippen LogP contribution in [0.3, 0.4) is 0 Å². The van der Waals surface area contributed by atoms with Gasteiger partial charge in [-0.25, -0.2) is 9.59 Å². The maximum absolute atomic E-state index is 11.7. The lowest BCUT2D eigenvalue weighted by Crippen LogP contribution is -2.55. The van der Waals surface area contributed by atoms with E-state index in [2.05, 4.69) is 5.28 Å². The number of hydrogen-bond donors (Lipinski definition) is 1. The van der Waals surface area contributed by atoms with Gasteiger partial charge in [0, 0.05) is 13.3 Å². The van der Waals surface area contributed by atoms with E-state index in [4.69, 9.17) is 14.7 Å². The summed E-state index contributed by atoms with van der Waals surface area (Å²) in [5.41, 5.74) is 0.339. The summed E-state index contributed by atoms with van der Waals surface area (Å²) >= 11 is 0. The number of hydrazine groups is 1. The van der Waals surface area contributed by atoms with E-state index in [0.29, 0.717) is 12.0 Å². The minimum Gasteiger partial charge on any atom is -0.569 e. The first-order chi connectivity index (χ1) is 10.5. The van der Waals surface area contributed by atoms with Gasteiger partial charge in [0.1, 0.15) is 0 Å². The molecule has 9 heteroatoms. The molecule has 1 saturated heterocycles. The van der Waals surface area contributed by atoms with E-state index in [1.54, 1.807) is 30.3 Å². The van der Waals surface area contributed by atoms with Gasteiger partial charge in [-0.15, -0.1) is 5.01 Å². The van der Waals surface area contributed by atoms with E-state index in [0.717, 1.165) is 5.01 Å². The summed E-state index contributed by atoms with van der Waals surface area (Å²) in [5.74, 6) is -1.72. The molecule has 1 aromatic rings. The topological polar surface area (TPSA) is 114 Å². The number of carbonyl (C=O) groups is 2. The fraction of sp³-hybridized carbons (Fsp3) is 0.385. The minimum absolute atomic E-state index is 0.0507. The maximum atomic E-state index is 11.7. The number of carboxylic acids is 1. The zero-order valence-electron chi connectivity index (χ0n) is 11.8. The molecule has 0 radical (unpaired) electrons. The highest BCUT2D eigenvalue weighted by atomic mass is 16.8. The number of hydrogen-bond acceptors (Lipinski definition) is 6. The largest absolute Gasteiger partial charge is 0.569 e. The van der Waals surface area contributed by atoms with E-state index in [1.165, 1.54) is 6.92 Å². The van der Waals surface area contributed by atoms with E-state index in [9.17, 15) is 14.8 Å². The highest BCUT2D eigenvalue weighted by molar-refractivity contribution is 5.89. The van der Waals surface area contributed by atoms with Crippen molar-refractivity contribution in [3.8, 4) is 0 Å². The second-order valence-electron chi connectivity index (χ2n) is 4.58. The second-order valence-corrected chi connectivity index (χ2v) is 4.58. The highest BCUT2D eigenvalue weighted by Gasteiger charge is 2.41. The molecule has 1 aliphatic rings. The molecule has 0 spiro atoms. The van der Waals surface area contributed by atoms with Gasteiger partial charge in [-0.2, -0.15) is 0 Å². The number of aliphatic carboxylic acids is 1. The van der Waals surface area contributed by atoms with Gasteiger partial charge in [-0.05, 0) is 12.1 Å². The number of rotatable bonds is 6. The number of nitrogens with zero attached hydrogens (tertiary/aromatic N) is 3. The molecular formula is C13H15N3O6. The summed E-state index contributed by atoms with van der Waals surface area (Å²) in [4.78, 5) is 27.3. The molecule has 1 N–H and O–H groups in total. The summed E-state index contributed by atoms with van der Waals surface area (Å²) in [7, 11) is 0. The molecule has 1 unspecified atom stereocenters. The van der Waals surface area contributed by atoms with Crippen molar-refractivity contribution in [2.45, 2.75) is 25.7 Å². The minimum atomic E-state index is -1.11. The van der Waals surface area contributed by atoms with Crippen molar-refractivity contribution in [1.29, 1.82) is 0 Å². The number of carbonyl (C=O) groups excluding carboxylic acids is 1. The van der Waals surface area contributed by atoms with Crippen LogP contribution in [-0.4, -0.2) is 45.9 Å². The molecule has 0 aromatic heterocycles. The highest BCUT2D eigenvalue weighted by Crippen LogP contribution is 2.17. The summed E-state index contributed by atoms with van der Waals surface area (Å²) in [6, 6.07) is 7.36. The molecule has 0 bridgehead atoms. The molecule has 0 saturated carbocycles. The molecule has 1 aromatic carbocycles. The number of esters is 1. The molecule has 2 rings (SSSR count). The molecule has 118 valence electrons. The van der Waals surface area contributed by atoms with E-state index in [1.807, 2.05) is 0 Å². The van der Waals surface area contributed by atoms with Gasteiger partial charge < -0.3 is 15.1 Å². The molecule has 0 amide bonds. The van der Waals surface area contributed by atoms with Crippen molar-refractivity contribution in [3.05, 3.63) is 41.1 Å². The number of carboxylic acid groups (broad SMARTS) is 1. The van der Waals surface area contributed by atoms with Crippen LogP contribution in [0.2, 0.25) is 0 Å².